The van der Waals surface area contributed by atoms with Gasteiger partial charge in [-0.2, -0.15) is 0 Å². The highest BCUT2D eigenvalue weighted by atomic mass is 16.5. The molecule has 114 valence electrons. The van der Waals surface area contributed by atoms with Crippen LogP contribution in [0.15, 0.2) is 23.0 Å². The van der Waals surface area contributed by atoms with Crippen LogP contribution in [-0.4, -0.2) is 59.4 Å². The van der Waals surface area contributed by atoms with E-state index in [0.717, 1.165) is 6.54 Å². The zero-order chi connectivity index (χ0) is 15.4. The van der Waals surface area contributed by atoms with Crippen molar-refractivity contribution in [3.05, 3.63) is 34.2 Å². The molecule has 7 nitrogen and oxygen atoms in total. The summed E-state index contributed by atoms with van der Waals surface area (Å²) in [6, 6.07) is 4.57. The number of hydrogen-bond donors (Lipinski definition) is 2. The number of carboxylic acid groups (broad SMARTS) is 1. The number of fused-ring (bicyclic) bond motifs is 1. The van der Waals surface area contributed by atoms with Gasteiger partial charge in [-0.05, 0) is 32.3 Å². The first-order valence-corrected chi connectivity index (χ1v) is 6.67. The van der Waals surface area contributed by atoms with Crippen LogP contribution < -0.4 is 5.69 Å². The molecule has 1 heterocycles. The zero-order valence-electron chi connectivity index (χ0n) is 12.1. The fourth-order valence-corrected chi connectivity index (χ4v) is 2.01. The third kappa shape index (κ3) is 3.71. The Labute approximate surface area is 121 Å². The molecule has 0 radical (unpaired) electrons. The molecule has 2 rings (SSSR count). The molecule has 0 fully saturated rings. The van der Waals surface area contributed by atoms with E-state index in [1.807, 2.05) is 19.0 Å². The van der Waals surface area contributed by atoms with Crippen LogP contribution in [0.3, 0.4) is 0 Å². The normalized spacial score (nSPS) is 11.4. The first-order chi connectivity index (χ1) is 9.99. The number of nitrogens with zero attached hydrogens (tertiary/aromatic N) is 2. The molecule has 0 aliphatic carbocycles. The molecular formula is C14H19N3O4. The van der Waals surface area contributed by atoms with E-state index in [1.54, 1.807) is 6.07 Å². The van der Waals surface area contributed by atoms with Crippen LogP contribution in [0.2, 0.25) is 0 Å². The van der Waals surface area contributed by atoms with Gasteiger partial charge in [0, 0.05) is 6.54 Å². The van der Waals surface area contributed by atoms with Gasteiger partial charge in [-0.1, -0.05) is 0 Å². The number of rotatable bonds is 7. The van der Waals surface area contributed by atoms with Gasteiger partial charge in [0.25, 0.3) is 0 Å². The highest BCUT2D eigenvalue weighted by Gasteiger charge is 2.10. The molecule has 1 aromatic carbocycles. The number of likely N-dealkylation sites (N-methyl/N-ethyl adjacent to an activating group) is 1. The minimum absolute atomic E-state index is 0.156. The fraction of sp³-hybridized carbons (Fsp3) is 0.429. The predicted octanol–water partition coefficient (Wildman–Crippen LogP) is 0.606. The van der Waals surface area contributed by atoms with E-state index in [-0.39, 0.29) is 11.3 Å². The molecule has 2 N–H and O–H groups in total. The van der Waals surface area contributed by atoms with E-state index >= 15 is 0 Å². The van der Waals surface area contributed by atoms with Gasteiger partial charge in [0.15, 0.2) is 0 Å². The van der Waals surface area contributed by atoms with Crippen LogP contribution in [0.4, 0.5) is 0 Å². The van der Waals surface area contributed by atoms with Gasteiger partial charge in [0.1, 0.15) is 0 Å². The molecule has 2 aromatic rings. The quantitative estimate of drug-likeness (QED) is 0.730. The van der Waals surface area contributed by atoms with Gasteiger partial charge in [-0.15, -0.1) is 0 Å². The molecule has 0 unspecified atom stereocenters. The number of aromatic amines is 1. The third-order valence-electron chi connectivity index (χ3n) is 3.16. The number of carboxylic acids is 1. The average molecular weight is 293 g/mol. The van der Waals surface area contributed by atoms with Crippen LogP contribution in [0.5, 0.6) is 0 Å². The van der Waals surface area contributed by atoms with Crippen LogP contribution in [0.1, 0.15) is 10.4 Å². The molecule has 0 aliphatic heterocycles. The summed E-state index contributed by atoms with van der Waals surface area (Å²) >= 11 is 0. The van der Waals surface area contributed by atoms with Gasteiger partial charge >= 0.3 is 11.7 Å². The molecule has 0 saturated carbocycles. The van der Waals surface area contributed by atoms with Crippen molar-refractivity contribution in [1.82, 2.24) is 14.5 Å². The van der Waals surface area contributed by atoms with Crippen molar-refractivity contribution in [2.45, 2.75) is 6.54 Å². The second-order valence-corrected chi connectivity index (χ2v) is 5.03. The molecule has 21 heavy (non-hydrogen) atoms. The van der Waals surface area contributed by atoms with Crippen molar-refractivity contribution >= 4 is 17.0 Å². The number of carbonyl (C=O) groups is 1. The molecule has 1 aromatic heterocycles. The maximum Gasteiger partial charge on any atom is 0.335 e. The second kappa shape index (κ2) is 6.55. The number of benzene rings is 1. The van der Waals surface area contributed by atoms with E-state index in [2.05, 4.69) is 4.98 Å². The molecule has 0 saturated heterocycles. The lowest BCUT2D eigenvalue weighted by Crippen LogP contribution is -2.22. The molecular weight excluding hydrogens is 274 g/mol. The van der Waals surface area contributed by atoms with Crippen molar-refractivity contribution in [2.24, 2.45) is 0 Å². The summed E-state index contributed by atoms with van der Waals surface area (Å²) in [6.07, 6.45) is 0. The Hall–Kier alpha value is -2.12. The summed E-state index contributed by atoms with van der Waals surface area (Å²) in [5.41, 5.74) is 1.10. The lowest BCUT2D eigenvalue weighted by molar-refractivity contribution is 0.0697. The molecule has 0 spiro atoms. The molecule has 7 heteroatoms. The van der Waals surface area contributed by atoms with Crippen LogP contribution in [0, 0.1) is 0 Å². The third-order valence-corrected chi connectivity index (χ3v) is 3.16. The maximum atomic E-state index is 11.9. The minimum atomic E-state index is -1.01. The smallest absolute Gasteiger partial charge is 0.335 e. The Morgan fingerprint density at radius 3 is 2.81 bits per heavy atom. The van der Waals surface area contributed by atoms with Gasteiger partial charge in [-0.3, -0.25) is 4.57 Å². The highest BCUT2D eigenvalue weighted by Crippen LogP contribution is 2.13. The number of hydrogen-bond acceptors (Lipinski definition) is 4. The first kappa shape index (κ1) is 15.3. The standard InChI is InChI=1S/C14H19N3O4/c1-16(2)5-7-21-8-6-17-12-9-10(13(18)19)3-4-11(12)15-14(17)20/h3-4,9H,5-8H2,1-2H3,(H,15,20)(H,18,19). The fourth-order valence-electron chi connectivity index (χ4n) is 2.01. The minimum Gasteiger partial charge on any atom is -0.478 e. The van der Waals surface area contributed by atoms with Crippen LogP contribution in [-0.2, 0) is 11.3 Å². The van der Waals surface area contributed by atoms with Crippen LogP contribution >= 0.6 is 0 Å². The summed E-state index contributed by atoms with van der Waals surface area (Å²) in [6.45, 7) is 2.18. The van der Waals surface area contributed by atoms with Crippen LogP contribution in [0.25, 0.3) is 11.0 Å². The SMILES string of the molecule is CN(C)CCOCCn1c(=O)[nH]c2ccc(C(=O)O)cc21. The number of aromatic nitrogens is 2. The summed E-state index contributed by atoms with van der Waals surface area (Å²) in [5, 5.41) is 9.01. The average Bonchev–Trinajstić information content (AvgIpc) is 2.73. The van der Waals surface area contributed by atoms with E-state index in [4.69, 9.17) is 9.84 Å². The maximum absolute atomic E-state index is 11.9. The Morgan fingerprint density at radius 1 is 1.38 bits per heavy atom. The summed E-state index contributed by atoms with van der Waals surface area (Å²) < 4.78 is 6.97. The Bertz CT molecular complexity index is 687. The summed E-state index contributed by atoms with van der Waals surface area (Å²) in [5.74, 6) is -1.01. The number of ether oxygens (including phenoxy) is 1. The largest absolute Gasteiger partial charge is 0.478 e. The number of nitrogens with one attached hydrogen (secondary N) is 1. The Morgan fingerprint density at radius 2 is 2.14 bits per heavy atom. The van der Waals surface area contributed by atoms with E-state index in [1.165, 1.54) is 16.7 Å². The Balaban J connectivity index is 2.11. The zero-order valence-corrected chi connectivity index (χ0v) is 12.1. The highest BCUT2D eigenvalue weighted by molar-refractivity contribution is 5.92. The monoisotopic (exact) mass is 293 g/mol. The van der Waals surface area contributed by atoms with Crippen molar-refractivity contribution in [1.29, 1.82) is 0 Å². The van der Waals surface area contributed by atoms with Crippen molar-refractivity contribution < 1.29 is 14.6 Å². The molecule has 0 atom stereocenters. The summed E-state index contributed by atoms with van der Waals surface area (Å²) in [4.78, 5) is 27.6. The van der Waals surface area contributed by atoms with E-state index in [9.17, 15) is 9.59 Å². The van der Waals surface area contributed by atoms with E-state index < -0.39 is 5.97 Å². The molecule has 0 aliphatic rings. The number of H-pyrrole nitrogens is 1. The number of imidazole rings is 1. The first-order valence-electron chi connectivity index (χ1n) is 6.67. The Kier molecular flexibility index (Phi) is 4.77. The predicted molar refractivity (Wildman–Crippen MR) is 78.9 cm³/mol. The lowest BCUT2D eigenvalue weighted by Gasteiger charge is -2.10. The van der Waals surface area contributed by atoms with E-state index in [0.29, 0.717) is 30.8 Å². The van der Waals surface area contributed by atoms with Gasteiger partial charge in [0.05, 0.1) is 36.4 Å². The van der Waals surface area contributed by atoms with Crippen molar-refractivity contribution in [3.8, 4) is 0 Å². The summed E-state index contributed by atoms with van der Waals surface area (Å²) in [7, 11) is 3.92. The van der Waals surface area contributed by atoms with Crippen molar-refractivity contribution in [3.63, 3.8) is 0 Å². The topological polar surface area (TPSA) is 87.6 Å². The van der Waals surface area contributed by atoms with Gasteiger partial charge in [-0.25, -0.2) is 9.59 Å². The van der Waals surface area contributed by atoms with Crippen molar-refractivity contribution in [2.75, 3.05) is 33.9 Å². The second-order valence-electron chi connectivity index (χ2n) is 5.03. The van der Waals surface area contributed by atoms with Gasteiger partial charge < -0.3 is 19.7 Å². The molecule has 0 amide bonds. The van der Waals surface area contributed by atoms with Gasteiger partial charge in [0.2, 0.25) is 0 Å². The lowest BCUT2D eigenvalue weighted by atomic mass is 10.2. The number of aromatic carboxylic acids is 1. The molecule has 0 bridgehead atoms.